The number of ether oxygens (including phenoxy) is 4. The summed E-state index contributed by atoms with van der Waals surface area (Å²) < 4.78 is 20.1. The van der Waals surface area contributed by atoms with Crippen LogP contribution < -0.4 is 9.47 Å². The lowest BCUT2D eigenvalue weighted by molar-refractivity contribution is -0.237. The summed E-state index contributed by atoms with van der Waals surface area (Å²) in [6.07, 6.45) is -4.43. The average molecular weight is 362 g/mol. The van der Waals surface area contributed by atoms with Gasteiger partial charge in [-0.1, -0.05) is 36.4 Å². The van der Waals surface area contributed by atoms with Crippen molar-refractivity contribution in [2.75, 3.05) is 0 Å². The SMILES string of the molecule is CC(OC(=O)OOC(=O)OC(C)Oc1ccccc1)Oc1ccccc1. The highest BCUT2D eigenvalue weighted by Crippen LogP contribution is 2.13. The molecule has 0 bridgehead atoms. The van der Waals surface area contributed by atoms with Gasteiger partial charge in [0.2, 0.25) is 12.6 Å². The zero-order chi connectivity index (χ0) is 18.8. The molecule has 0 spiro atoms. The average Bonchev–Trinajstić information content (AvgIpc) is 2.61. The van der Waals surface area contributed by atoms with Crippen LogP contribution >= 0.6 is 0 Å². The molecule has 0 radical (unpaired) electrons. The van der Waals surface area contributed by atoms with E-state index in [-0.39, 0.29) is 0 Å². The molecule has 0 heterocycles. The Morgan fingerprint density at radius 1 is 0.654 bits per heavy atom. The van der Waals surface area contributed by atoms with E-state index in [1.807, 2.05) is 12.1 Å². The number of benzene rings is 2. The zero-order valence-corrected chi connectivity index (χ0v) is 14.2. The highest BCUT2D eigenvalue weighted by molar-refractivity contribution is 5.63. The van der Waals surface area contributed by atoms with Crippen molar-refractivity contribution in [2.24, 2.45) is 0 Å². The molecule has 0 fully saturated rings. The van der Waals surface area contributed by atoms with Crippen LogP contribution in [0.4, 0.5) is 9.59 Å². The van der Waals surface area contributed by atoms with Gasteiger partial charge in [-0.2, -0.15) is 19.4 Å². The molecule has 0 aromatic heterocycles. The Morgan fingerprint density at radius 2 is 1.00 bits per heavy atom. The number of para-hydroxylation sites is 2. The largest absolute Gasteiger partial charge is 0.553 e. The molecular weight excluding hydrogens is 344 g/mol. The molecule has 0 amide bonds. The second-order valence-corrected chi connectivity index (χ2v) is 4.90. The summed E-state index contributed by atoms with van der Waals surface area (Å²) in [5.41, 5.74) is 0. The van der Waals surface area contributed by atoms with E-state index in [9.17, 15) is 9.59 Å². The molecule has 26 heavy (non-hydrogen) atoms. The van der Waals surface area contributed by atoms with Crippen LogP contribution in [-0.2, 0) is 19.2 Å². The molecule has 0 saturated heterocycles. The summed E-state index contributed by atoms with van der Waals surface area (Å²) in [6, 6.07) is 17.4. The Kier molecular flexibility index (Phi) is 7.11. The quantitative estimate of drug-likeness (QED) is 0.329. The first-order valence-corrected chi connectivity index (χ1v) is 7.72. The van der Waals surface area contributed by atoms with E-state index in [1.165, 1.54) is 13.8 Å². The fraction of sp³-hybridized carbons (Fsp3) is 0.222. The van der Waals surface area contributed by atoms with Gasteiger partial charge in [0.1, 0.15) is 11.5 Å². The minimum atomic E-state index is -1.26. The van der Waals surface area contributed by atoms with Gasteiger partial charge in [0.15, 0.2) is 0 Å². The third-order valence-corrected chi connectivity index (χ3v) is 2.79. The van der Waals surface area contributed by atoms with Crippen molar-refractivity contribution >= 4 is 12.3 Å². The molecule has 2 unspecified atom stereocenters. The van der Waals surface area contributed by atoms with Gasteiger partial charge in [-0.3, -0.25) is 0 Å². The number of rotatable bonds is 6. The predicted molar refractivity (Wildman–Crippen MR) is 88.2 cm³/mol. The van der Waals surface area contributed by atoms with Gasteiger partial charge < -0.3 is 18.9 Å². The molecule has 2 aromatic carbocycles. The molecule has 8 nitrogen and oxygen atoms in total. The van der Waals surface area contributed by atoms with E-state index < -0.39 is 24.9 Å². The second kappa shape index (κ2) is 9.77. The summed E-state index contributed by atoms with van der Waals surface area (Å²) >= 11 is 0. The van der Waals surface area contributed by atoms with Crippen molar-refractivity contribution < 1.29 is 38.3 Å². The van der Waals surface area contributed by atoms with Crippen LogP contribution in [0.1, 0.15) is 13.8 Å². The van der Waals surface area contributed by atoms with Gasteiger partial charge >= 0.3 is 12.3 Å². The van der Waals surface area contributed by atoms with Crippen molar-refractivity contribution in [3.63, 3.8) is 0 Å². The van der Waals surface area contributed by atoms with Gasteiger partial charge in [-0.15, -0.1) is 0 Å². The normalized spacial score (nSPS) is 12.2. The Hall–Kier alpha value is -3.42. The lowest BCUT2D eigenvalue weighted by Crippen LogP contribution is -2.25. The maximum atomic E-state index is 11.4. The highest BCUT2D eigenvalue weighted by Gasteiger charge is 2.18. The van der Waals surface area contributed by atoms with E-state index in [4.69, 9.17) is 18.9 Å². The third kappa shape index (κ3) is 7.00. The fourth-order valence-corrected chi connectivity index (χ4v) is 1.81. The molecule has 0 aliphatic rings. The number of carbonyl (C=O) groups is 2. The smallest absolute Gasteiger partial charge is 0.455 e. The number of carbonyl (C=O) groups excluding carboxylic acids is 2. The van der Waals surface area contributed by atoms with Crippen LogP contribution in [0.2, 0.25) is 0 Å². The van der Waals surface area contributed by atoms with Gasteiger partial charge in [0, 0.05) is 13.8 Å². The molecule has 0 aliphatic carbocycles. The van der Waals surface area contributed by atoms with Gasteiger partial charge in [0.25, 0.3) is 0 Å². The second-order valence-electron chi connectivity index (χ2n) is 4.90. The molecule has 2 rings (SSSR count). The Bertz CT molecular complexity index is 627. The molecule has 0 N–H and O–H groups in total. The molecule has 8 heteroatoms. The Balaban J connectivity index is 1.65. The monoisotopic (exact) mass is 362 g/mol. The third-order valence-electron chi connectivity index (χ3n) is 2.79. The van der Waals surface area contributed by atoms with E-state index in [1.54, 1.807) is 48.5 Å². The van der Waals surface area contributed by atoms with Crippen LogP contribution in [0.15, 0.2) is 60.7 Å². The maximum absolute atomic E-state index is 11.4. The van der Waals surface area contributed by atoms with E-state index in [0.29, 0.717) is 11.5 Å². The van der Waals surface area contributed by atoms with Crippen molar-refractivity contribution in [2.45, 2.75) is 26.4 Å². The minimum absolute atomic E-state index is 0.500. The number of hydrogen-bond acceptors (Lipinski definition) is 8. The summed E-state index contributed by atoms with van der Waals surface area (Å²) in [5.74, 6) is 1.00. The first-order valence-electron chi connectivity index (χ1n) is 7.72. The Morgan fingerprint density at radius 3 is 1.35 bits per heavy atom. The van der Waals surface area contributed by atoms with Gasteiger partial charge in [-0.25, -0.2) is 0 Å². The maximum Gasteiger partial charge on any atom is 0.553 e. The van der Waals surface area contributed by atoms with E-state index >= 15 is 0 Å². The molecule has 2 aromatic rings. The topological polar surface area (TPSA) is 89.5 Å². The molecule has 138 valence electrons. The predicted octanol–water partition coefficient (Wildman–Crippen LogP) is 4.06. The lowest BCUT2D eigenvalue weighted by atomic mass is 10.3. The molecular formula is C18H18O8. The fourth-order valence-electron chi connectivity index (χ4n) is 1.81. The van der Waals surface area contributed by atoms with Crippen LogP contribution in [0, 0.1) is 0 Å². The van der Waals surface area contributed by atoms with Crippen LogP contribution in [0.3, 0.4) is 0 Å². The van der Waals surface area contributed by atoms with Crippen LogP contribution in [0.25, 0.3) is 0 Å². The summed E-state index contributed by atoms with van der Waals surface area (Å²) in [6.45, 7) is 2.95. The molecule has 0 saturated carbocycles. The van der Waals surface area contributed by atoms with Gasteiger partial charge in [0.05, 0.1) is 0 Å². The molecule has 0 aliphatic heterocycles. The lowest BCUT2D eigenvalue weighted by Gasteiger charge is -2.15. The number of hydrogen-bond donors (Lipinski definition) is 0. The zero-order valence-electron chi connectivity index (χ0n) is 14.2. The van der Waals surface area contributed by atoms with Crippen molar-refractivity contribution in [3.8, 4) is 11.5 Å². The summed E-state index contributed by atoms with van der Waals surface area (Å²) in [4.78, 5) is 31.3. The van der Waals surface area contributed by atoms with E-state index in [0.717, 1.165) is 0 Å². The van der Waals surface area contributed by atoms with Crippen LogP contribution in [-0.4, -0.2) is 24.9 Å². The minimum Gasteiger partial charge on any atom is -0.455 e. The summed E-state index contributed by atoms with van der Waals surface area (Å²) in [5, 5.41) is 0. The molecule has 2 atom stereocenters. The first-order chi connectivity index (χ1) is 12.5. The van der Waals surface area contributed by atoms with Gasteiger partial charge in [-0.05, 0) is 24.3 Å². The first kappa shape index (κ1) is 18.9. The van der Waals surface area contributed by atoms with E-state index in [2.05, 4.69) is 9.78 Å². The van der Waals surface area contributed by atoms with Crippen molar-refractivity contribution in [1.82, 2.24) is 0 Å². The van der Waals surface area contributed by atoms with Crippen LogP contribution in [0.5, 0.6) is 11.5 Å². The Labute approximate surface area is 150 Å². The van der Waals surface area contributed by atoms with Crippen molar-refractivity contribution in [3.05, 3.63) is 60.7 Å². The van der Waals surface area contributed by atoms with Crippen molar-refractivity contribution in [1.29, 1.82) is 0 Å². The summed E-state index contributed by atoms with van der Waals surface area (Å²) in [7, 11) is 0. The highest BCUT2D eigenvalue weighted by atomic mass is 17.3. The standard InChI is InChI=1S/C18H18O8/c1-13(21-15-9-5-3-6-10-15)23-17(19)25-26-18(20)24-14(2)22-16-11-7-4-8-12-16/h3-14H,1-2H3.